The molecule has 1 aromatic heterocycles. The highest BCUT2D eigenvalue weighted by molar-refractivity contribution is 9.10. The van der Waals surface area contributed by atoms with E-state index in [1.54, 1.807) is 49.4 Å². The molecule has 0 aliphatic carbocycles. The van der Waals surface area contributed by atoms with Crippen LogP contribution in [0, 0.1) is 6.92 Å². The first kappa shape index (κ1) is 16.1. The molecule has 1 N–H and O–H groups in total. The van der Waals surface area contributed by atoms with Gasteiger partial charge in [0.05, 0.1) is 5.69 Å². The fourth-order valence-corrected chi connectivity index (χ4v) is 2.58. The smallest absolute Gasteiger partial charge is 0.277 e. The zero-order chi connectivity index (χ0) is 17.1. The van der Waals surface area contributed by atoms with Gasteiger partial charge in [0.15, 0.2) is 11.5 Å². The van der Waals surface area contributed by atoms with E-state index in [1.807, 2.05) is 6.07 Å². The Kier molecular flexibility index (Phi) is 4.57. The van der Waals surface area contributed by atoms with Crippen molar-refractivity contribution in [3.05, 3.63) is 81.7 Å². The molecule has 0 fully saturated rings. The second-order valence-corrected chi connectivity index (χ2v) is 6.08. The number of carbonyl (C=O) groups excluding carboxylic acids is 2. The van der Waals surface area contributed by atoms with E-state index in [4.69, 9.17) is 4.52 Å². The van der Waals surface area contributed by atoms with E-state index >= 15 is 0 Å². The average molecular weight is 385 g/mol. The molecule has 5 nitrogen and oxygen atoms in total. The Bertz CT molecular complexity index is 904. The molecule has 3 rings (SSSR count). The predicted octanol–water partition coefficient (Wildman–Crippen LogP) is 4.23. The van der Waals surface area contributed by atoms with Crippen LogP contribution in [-0.2, 0) is 0 Å². The molecule has 0 spiro atoms. The van der Waals surface area contributed by atoms with E-state index in [2.05, 4.69) is 26.4 Å². The molecule has 0 atom stereocenters. The Balaban J connectivity index is 1.94. The summed E-state index contributed by atoms with van der Waals surface area (Å²) in [5, 5.41) is 6.40. The predicted molar refractivity (Wildman–Crippen MR) is 93.2 cm³/mol. The number of hydrogen-bond acceptors (Lipinski definition) is 4. The number of aryl methyl sites for hydroxylation is 1. The number of rotatable bonds is 4. The molecule has 1 amide bonds. The number of aromatic nitrogens is 1. The average Bonchev–Trinajstić information content (AvgIpc) is 3.03. The van der Waals surface area contributed by atoms with E-state index in [0.717, 1.165) is 4.47 Å². The van der Waals surface area contributed by atoms with Gasteiger partial charge in [0.1, 0.15) is 5.76 Å². The quantitative estimate of drug-likeness (QED) is 0.683. The highest BCUT2D eigenvalue weighted by Gasteiger charge is 2.18. The van der Waals surface area contributed by atoms with Crippen molar-refractivity contribution in [2.24, 2.45) is 0 Å². The normalized spacial score (nSPS) is 10.4. The topological polar surface area (TPSA) is 72.2 Å². The standard InChI is InChI=1S/C18H13BrN2O3/c1-11-9-16(21-24-11)18(23)20-15-8-7-13(19)10-14(15)17(22)12-5-3-2-4-6-12/h2-10H,1H3,(H,20,23). The molecule has 1 heterocycles. The Hall–Kier alpha value is -2.73. The van der Waals surface area contributed by atoms with Crippen LogP contribution >= 0.6 is 15.9 Å². The van der Waals surface area contributed by atoms with Crippen LogP contribution in [0.15, 0.2) is 63.6 Å². The van der Waals surface area contributed by atoms with Crippen LogP contribution in [0.3, 0.4) is 0 Å². The number of halogens is 1. The third kappa shape index (κ3) is 3.44. The minimum atomic E-state index is -0.434. The fraction of sp³-hybridized carbons (Fsp3) is 0.0556. The van der Waals surface area contributed by atoms with Crippen LogP contribution < -0.4 is 5.32 Å². The van der Waals surface area contributed by atoms with Gasteiger partial charge in [-0.05, 0) is 25.1 Å². The number of ketones is 1. The van der Waals surface area contributed by atoms with Gasteiger partial charge in [0, 0.05) is 21.7 Å². The van der Waals surface area contributed by atoms with Crippen molar-refractivity contribution >= 4 is 33.3 Å². The molecule has 0 aliphatic rings. The van der Waals surface area contributed by atoms with Crippen LogP contribution in [0.1, 0.15) is 32.2 Å². The van der Waals surface area contributed by atoms with Crippen LogP contribution in [-0.4, -0.2) is 16.8 Å². The van der Waals surface area contributed by atoms with Crippen molar-refractivity contribution in [3.63, 3.8) is 0 Å². The van der Waals surface area contributed by atoms with Crippen molar-refractivity contribution in [1.82, 2.24) is 5.16 Å². The molecule has 24 heavy (non-hydrogen) atoms. The molecular weight excluding hydrogens is 372 g/mol. The molecule has 6 heteroatoms. The highest BCUT2D eigenvalue weighted by atomic mass is 79.9. The van der Waals surface area contributed by atoms with Gasteiger partial charge in [-0.15, -0.1) is 0 Å². The van der Waals surface area contributed by atoms with Gasteiger partial charge in [-0.3, -0.25) is 9.59 Å². The number of carbonyl (C=O) groups is 2. The maximum Gasteiger partial charge on any atom is 0.277 e. The summed E-state index contributed by atoms with van der Waals surface area (Å²) >= 11 is 3.36. The largest absolute Gasteiger partial charge is 0.361 e. The second-order valence-electron chi connectivity index (χ2n) is 5.16. The van der Waals surface area contributed by atoms with Gasteiger partial charge in [-0.1, -0.05) is 51.4 Å². The number of nitrogens with zero attached hydrogens (tertiary/aromatic N) is 1. The van der Waals surface area contributed by atoms with Crippen LogP contribution in [0.5, 0.6) is 0 Å². The summed E-state index contributed by atoms with van der Waals surface area (Å²) in [5.74, 6) is -0.0728. The number of anilines is 1. The number of amides is 1. The summed E-state index contributed by atoms with van der Waals surface area (Å²) in [4.78, 5) is 25.0. The van der Waals surface area contributed by atoms with Crippen molar-refractivity contribution < 1.29 is 14.1 Å². The summed E-state index contributed by atoms with van der Waals surface area (Å²) in [6, 6.07) is 15.5. The summed E-state index contributed by atoms with van der Waals surface area (Å²) in [6.07, 6.45) is 0. The third-order valence-corrected chi connectivity index (χ3v) is 3.86. The summed E-state index contributed by atoms with van der Waals surface area (Å²) in [6.45, 7) is 1.70. The molecular formula is C18H13BrN2O3. The van der Waals surface area contributed by atoms with Gasteiger partial charge in [0.2, 0.25) is 0 Å². The van der Waals surface area contributed by atoms with Crippen LogP contribution in [0.25, 0.3) is 0 Å². The minimum absolute atomic E-state index is 0.161. The molecule has 2 aromatic carbocycles. The lowest BCUT2D eigenvalue weighted by molar-refractivity contribution is 0.101. The van der Waals surface area contributed by atoms with Gasteiger partial charge >= 0.3 is 0 Å². The first-order chi connectivity index (χ1) is 11.5. The molecule has 0 saturated heterocycles. The lowest BCUT2D eigenvalue weighted by atomic mass is 10.0. The highest BCUT2D eigenvalue weighted by Crippen LogP contribution is 2.24. The van der Waals surface area contributed by atoms with Crippen LogP contribution in [0.4, 0.5) is 5.69 Å². The van der Waals surface area contributed by atoms with E-state index < -0.39 is 5.91 Å². The zero-order valence-corrected chi connectivity index (χ0v) is 14.3. The van der Waals surface area contributed by atoms with Crippen molar-refractivity contribution in [2.45, 2.75) is 6.92 Å². The van der Waals surface area contributed by atoms with Crippen LogP contribution in [0.2, 0.25) is 0 Å². The van der Waals surface area contributed by atoms with E-state index in [1.165, 1.54) is 6.07 Å². The van der Waals surface area contributed by atoms with E-state index in [0.29, 0.717) is 22.6 Å². The lowest BCUT2D eigenvalue weighted by Gasteiger charge is -2.10. The Labute approximate surface area is 146 Å². The first-order valence-electron chi connectivity index (χ1n) is 7.18. The maximum atomic E-state index is 12.7. The zero-order valence-electron chi connectivity index (χ0n) is 12.7. The van der Waals surface area contributed by atoms with Gasteiger partial charge in [-0.25, -0.2) is 0 Å². The van der Waals surface area contributed by atoms with Gasteiger partial charge in [-0.2, -0.15) is 0 Å². The first-order valence-corrected chi connectivity index (χ1v) is 7.98. The summed E-state index contributed by atoms with van der Waals surface area (Å²) < 4.78 is 5.65. The molecule has 3 aromatic rings. The number of hydrogen-bond donors (Lipinski definition) is 1. The monoisotopic (exact) mass is 384 g/mol. The van der Waals surface area contributed by atoms with E-state index in [-0.39, 0.29) is 11.5 Å². The Morgan fingerprint density at radius 1 is 1.08 bits per heavy atom. The maximum absolute atomic E-state index is 12.7. The molecule has 0 bridgehead atoms. The molecule has 0 unspecified atom stereocenters. The third-order valence-electron chi connectivity index (χ3n) is 3.37. The Morgan fingerprint density at radius 2 is 1.83 bits per heavy atom. The molecule has 0 aliphatic heterocycles. The molecule has 0 radical (unpaired) electrons. The second kappa shape index (κ2) is 6.80. The SMILES string of the molecule is Cc1cc(C(=O)Nc2ccc(Br)cc2C(=O)c2ccccc2)no1. The minimum Gasteiger partial charge on any atom is -0.361 e. The van der Waals surface area contributed by atoms with Gasteiger partial charge < -0.3 is 9.84 Å². The number of nitrogens with one attached hydrogen (secondary N) is 1. The van der Waals surface area contributed by atoms with Crippen molar-refractivity contribution in [1.29, 1.82) is 0 Å². The fourth-order valence-electron chi connectivity index (χ4n) is 2.22. The van der Waals surface area contributed by atoms with Crippen molar-refractivity contribution in [3.8, 4) is 0 Å². The Morgan fingerprint density at radius 3 is 2.50 bits per heavy atom. The van der Waals surface area contributed by atoms with E-state index in [9.17, 15) is 9.59 Å². The van der Waals surface area contributed by atoms with Crippen molar-refractivity contribution in [2.75, 3.05) is 5.32 Å². The molecule has 0 saturated carbocycles. The summed E-state index contributed by atoms with van der Waals surface area (Å²) in [5.41, 5.74) is 1.51. The molecule has 120 valence electrons. The lowest BCUT2D eigenvalue weighted by Crippen LogP contribution is -2.15. The number of benzene rings is 2. The summed E-state index contributed by atoms with van der Waals surface area (Å²) in [7, 11) is 0. The van der Waals surface area contributed by atoms with Gasteiger partial charge in [0.25, 0.3) is 5.91 Å².